The van der Waals surface area contributed by atoms with Crippen molar-refractivity contribution in [2.24, 2.45) is 5.73 Å². The molecule has 0 spiro atoms. The molecule has 11 heavy (non-hydrogen) atoms. The standard InChI is InChI=1S/C7H13F2NO/c1-3-11-5(2)6(10)4-7(6,8)9/h5H,3-4,10H2,1-2H3. The van der Waals surface area contributed by atoms with Crippen molar-refractivity contribution < 1.29 is 13.5 Å². The summed E-state index contributed by atoms with van der Waals surface area (Å²) in [7, 11) is 0. The summed E-state index contributed by atoms with van der Waals surface area (Å²) in [4.78, 5) is 0. The van der Waals surface area contributed by atoms with E-state index in [2.05, 4.69) is 0 Å². The first-order valence-corrected chi connectivity index (χ1v) is 3.72. The van der Waals surface area contributed by atoms with Crippen LogP contribution in [0.25, 0.3) is 0 Å². The Bertz CT molecular complexity index is 163. The Morgan fingerprint density at radius 2 is 2.09 bits per heavy atom. The van der Waals surface area contributed by atoms with E-state index in [-0.39, 0.29) is 6.42 Å². The average molecular weight is 165 g/mol. The molecule has 0 saturated heterocycles. The largest absolute Gasteiger partial charge is 0.377 e. The molecular weight excluding hydrogens is 152 g/mol. The normalized spacial score (nSPS) is 36.8. The third kappa shape index (κ3) is 1.25. The minimum Gasteiger partial charge on any atom is -0.377 e. The van der Waals surface area contributed by atoms with Gasteiger partial charge in [0.25, 0.3) is 5.92 Å². The first-order valence-electron chi connectivity index (χ1n) is 3.72. The fourth-order valence-corrected chi connectivity index (χ4v) is 1.16. The quantitative estimate of drug-likeness (QED) is 0.680. The minimum atomic E-state index is -2.72. The van der Waals surface area contributed by atoms with Crippen LogP contribution in [0.3, 0.4) is 0 Å². The van der Waals surface area contributed by atoms with E-state index in [1.807, 2.05) is 0 Å². The lowest BCUT2D eigenvalue weighted by Crippen LogP contribution is -2.42. The average Bonchev–Trinajstić information content (AvgIpc) is 2.35. The van der Waals surface area contributed by atoms with E-state index in [1.54, 1.807) is 13.8 Å². The zero-order valence-corrected chi connectivity index (χ0v) is 6.73. The highest BCUT2D eigenvalue weighted by atomic mass is 19.3. The third-order valence-corrected chi connectivity index (χ3v) is 2.21. The second-order valence-corrected chi connectivity index (χ2v) is 3.02. The van der Waals surface area contributed by atoms with Gasteiger partial charge in [-0.25, -0.2) is 8.78 Å². The molecule has 2 unspecified atom stereocenters. The van der Waals surface area contributed by atoms with Crippen LogP contribution in [0.2, 0.25) is 0 Å². The number of halogens is 2. The number of alkyl halides is 2. The van der Waals surface area contributed by atoms with Crippen LogP contribution >= 0.6 is 0 Å². The highest BCUT2D eigenvalue weighted by Gasteiger charge is 2.72. The van der Waals surface area contributed by atoms with Gasteiger partial charge >= 0.3 is 0 Å². The molecule has 2 nitrogen and oxygen atoms in total. The van der Waals surface area contributed by atoms with Gasteiger partial charge in [0.1, 0.15) is 5.54 Å². The van der Waals surface area contributed by atoms with Crippen LogP contribution in [0.5, 0.6) is 0 Å². The molecule has 0 bridgehead atoms. The Hall–Kier alpha value is -0.220. The van der Waals surface area contributed by atoms with Gasteiger partial charge in [-0.1, -0.05) is 0 Å². The number of hydrogen-bond acceptors (Lipinski definition) is 2. The Morgan fingerprint density at radius 1 is 1.64 bits per heavy atom. The van der Waals surface area contributed by atoms with E-state index >= 15 is 0 Å². The van der Waals surface area contributed by atoms with Gasteiger partial charge in [-0.15, -0.1) is 0 Å². The molecule has 1 fully saturated rings. The molecule has 0 aromatic rings. The molecule has 4 heteroatoms. The molecule has 1 aliphatic rings. The topological polar surface area (TPSA) is 35.2 Å². The molecule has 1 saturated carbocycles. The molecule has 0 aromatic carbocycles. The summed E-state index contributed by atoms with van der Waals surface area (Å²) in [6.07, 6.45) is -0.802. The van der Waals surface area contributed by atoms with Crippen molar-refractivity contribution in [2.75, 3.05) is 6.61 Å². The van der Waals surface area contributed by atoms with E-state index in [4.69, 9.17) is 10.5 Å². The number of nitrogens with two attached hydrogens (primary N) is 1. The summed E-state index contributed by atoms with van der Waals surface area (Å²) in [6.45, 7) is 3.78. The van der Waals surface area contributed by atoms with Crippen molar-refractivity contribution >= 4 is 0 Å². The molecule has 1 aliphatic carbocycles. The third-order valence-electron chi connectivity index (χ3n) is 2.21. The van der Waals surface area contributed by atoms with Gasteiger partial charge in [0, 0.05) is 13.0 Å². The van der Waals surface area contributed by atoms with Gasteiger partial charge in [-0.3, -0.25) is 0 Å². The lowest BCUT2D eigenvalue weighted by molar-refractivity contribution is -0.000638. The van der Waals surface area contributed by atoms with E-state index < -0.39 is 17.6 Å². The van der Waals surface area contributed by atoms with Gasteiger partial charge in [0.05, 0.1) is 6.10 Å². The molecule has 0 radical (unpaired) electrons. The lowest BCUT2D eigenvalue weighted by atomic mass is 10.1. The molecule has 0 aromatic heterocycles. The molecule has 0 amide bonds. The van der Waals surface area contributed by atoms with Crippen LogP contribution in [0, 0.1) is 0 Å². The maximum absolute atomic E-state index is 12.5. The maximum Gasteiger partial charge on any atom is 0.270 e. The predicted octanol–water partition coefficient (Wildman–Crippen LogP) is 1.15. The van der Waals surface area contributed by atoms with Crippen LogP contribution in [0.4, 0.5) is 8.78 Å². The van der Waals surface area contributed by atoms with Gasteiger partial charge in [0.15, 0.2) is 0 Å². The summed E-state index contributed by atoms with van der Waals surface area (Å²) in [6, 6.07) is 0. The minimum absolute atomic E-state index is 0.249. The zero-order chi connectivity index (χ0) is 8.70. The summed E-state index contributed by atoms with van der Waals surface area (Å²) in [5.41, 5.74) is 3.98. The predicted molar refractivity (Wildman–Crippen MR) is 37.6 cm³/mol. The van der Waals surface area contributed by atoms with Crippen LogP contribution < -0.4 is 5.73 Å². The van der Waals surface area contributed by atoms with Crippen molar-refractivity contribution in [3.63, 3.8) is 0 Å². The van der Waals surface area contributed by atoms with E-state index in [9.17, 15) is 8.78 Å². The van der Waals surface area contributed by atoms with E-state index in [0.717, 1.165) is 0 Å². The Kier molecular flexibility index (Phi) is 1.92. The Balaban J connectivity index is 2.49. The number of hydrogen-bond donors (Lipinski definition) is 1. The number of ether oxygens (including phenoxy) is 1. The van der Waals surface area contributed by atoms with Gasteiger partial charge in [0.2, 0.25) is 0 Å². The van der Waals surface area contributed by atoms with Gasteiger partial charge < -0.3 is 10.5 Å². The monoisotopic (exact) mass is 165 g/mol. The van der Waals surface area contributed by atoms with Crippen LogP contribution in [-0.2, 0) is 4.74 Å². The van der Waals surface area contributed by atoms with E-state index in [1.165, 1.54) is 0 Å². The van der Waals surface area contributed by atoms with Crippen molar-refractivity contribution in [1.82, 2.24) is 0 Å². The lowest BCUT2D eigenvalue weighted by Gasteiger charge is -2.18. The van der Waals surface area contributed by atoms with Crippen molar-refractivity contribution in [3.05, 3.63) is 0 Å². The second-order valence-electron chi connectivity index (χ2n) is 3.02. The summed E-state index contributed by atoms with van der Waals surface area (Å²) < 4.78 is 30.1. The second kappa shape index (κ2) is 2.38. The molecular formula is C7H13F2NO. The fourth-order valence-electron chi connectivity index (χ4n) is 1.16. The van der Waals surface area contributed by atoms with Crippen LogP contribution in [0.15, 0.2) is 0 Å². The highest BCUT2D eigenvalue weighted by molar-refractivity contribution is 5.19. The Morgan fingerprint density at radius 3 is 2.36 bits per heavy atom. The van der Waals surface area contributed by atoms with Crippen molar-refractivity contribution in [1.29, 1.82) is 0 Å². The maximum atomic E-state index is 12.5. The highest BCUT2D eigenvalue weighted by Crippen LogP contribution is 2.53. The summed E-state index contributed by atoms with van der Waals surface area (Å²) in [5.74, 6) is -2.72. The van der Waals surface area contributed by atoms with Crippen molar-refractivity contribution in [3.8, 4) is 0 Å². The summed E-state index contributed by atoms with van der Waals surface area (Å²) in [5, 5.41) is 0. The zero-order valence-electron chi connectivity index (χ0n) is 6.73. The van der Waals surface area contributed by atoms with Gasteiger partial charge in [-0.05, 0) is 13.8 Å². The SMILES string of the molecule is CCOC(C)C1(N)CC1(F)F. The van der Waals surface area contributed by atoms with Crippen molar-refractivity contribution in [2.45, 2.75) is 37.8 Å². The summed E-state index contributed by atoms with van der Waals surface area (Å²) >= 11 is 0. The van der Waals surface area contributed by atoms with Crippen LogP contribution in [-0.4, -0.2) is 24.2 Å². The fraction of sp³-hybridized carbons (Fsp3) is 1.00. The smallest absolute Gasteiger partial charge is 0.270 e. The van der Waals surface area contributed by atoms with Gasteiger partial charge in [-0.2, -0.15) is 0 Å². The molecule has 1 rings (SSSR count). The first kappa shape index (κ1) is 8.87. The molecule has 2 N–H and O–H groups in total. The molecule has 0 heterocycles. The van der Waals surface area contributed by atoms with E-state index in [0.29, 0.717) is 6.61 Å². The molecule has 2 atom stereocenters. The number of rotatable bonds is 3. The first-order chi connectivity index (χ1) is 4.94. The molecule has 66 valence electrons. The Labute approximate surface area is 64.7 Å². The molecule has 0 aliphatic heterocycles. The van der Waals surface area contributed by atoms with Crippen LogP contribution in [0.1, 0.15) is 20.3 Å².